The highest BCUT2D eigenvalue weighted by molar-refractivity contribution is 7.89. The second-order valence-electron chi connectivity index (χ2n) is 4.41. The third-order valence-electron chi connectivity index (χ3n) is 2.85. The summed E-state index contributed by atoms with van der Waals surface area (Å²) in [6, 6.07) is 4.26. The largest absolute Gasteiger partial charge is 0.445 e. The van der Waals surface area contributed by atoms with E-state index >= 15 is 0 Å². The summed E-state index contributed by atoms with van der Waals surface area (Å²) in [6.07, 6.45) is -0.176. The molecule has 0 fully saturated rings. The van der Waals surface area contributed by atoms with Crippen molar-refractivity contribution in [2.45, 2.75) is 15.1 Å². The molecular weight excluding hydrogens is 363 g/mol. The van der Waals surface area contributed by atoms with Crippen molar-refractivity contribution in [2.24, 2.45) is 5.14 Å². The van der Waals surface area contributed by atoms with Crippen molar-refractivity contribution in [1.82, 2.24) is 0 Å². The molecule has 1 heterocycles. The van der Waals surface area contributed by atoms with Gasteiger partial charge in [-0.05, 0) is 30.2 Å². The molecule has 1 aliphatic heterocycles. The number of carbonyl (C=O) groups is 1. The molecule has 0 atom stereocenters. The summed E-state index contributed by atoms with van der Waals surface area (Å²) in [7, 11) is -3.78. The summed E-state index contributed by atoms with van der Waals surface area (Å²) in [4.78, 5) is 13.3. The number of hydrogen-bond acceptors (Lipinski definition) is 4. The second-order valence-corrected chi connectivity index (χ2v) is 8.48. The zero-order valence-electron chi connectivity index (χ0n) is 10.6. The lowest BCUT2D eigenvalue weighted by molar-refractivity contribution is 0.156. The van der Waals surface area contributed by atoms with Crippen molar-refractivity contribution in [2.75, 3.05) is 18.1 Å². The average Bonchev–Trinajstić information content (AvgIpc) is 2.76. The maximum Gasteiger partial charge on any atom is 0.414 e. The molecule has 6 nitrogen and oxygen atoms in total. The van der Waals surface area contributed by atoms with Crippen LogP contribution in [0.15, 0.2) is 23.1 Å². The maximum atomic E-state index is 11.9. The summed E-state index contributed by atoms with van der Waals surface area (Å²) in [5.41, 5.74) is 1.24. The van der Waals surface area contributed by atoms with E-state index in [1.54, 1.807) is 0 Å². The van der Waals surface area contributed by atoms with Crippen molar-refractivity contribution in [3.8, 4) is 0 Å². The number of carbonyl (C=O) groups excluding carboxylic acids is 1. The smallest absolute Gasteiger partial charge is 0.414 e. The third kappa shape index (κ3) is 4.14. The van der Waals surface area contributed by atoms with E-state index in [-0.39, 0.29) is 11.5 Å². The summed E-state index contributed by atoms with van der Waals surface area (Å²) < 4.78 is 25.8. The molecule has 1 aromatic rings. The number of amides is 1. The van der Waals surface area contributed by atoms with Crippen LogP contribution in [0.25, 0.3) is 0 Å². The van der Waals surface area contributed by atoms with Gasteiger partial charge in [0.2, 0.25) is 13.8 Å². The molecule has 10 heteroatoms. The molecule has 0 aromatic heterocycles. The molecule has 0 saturated heterocycles. The van der Waals surface area contributed by atoms with Crippen LogP contribution in [0.4, 0.5) is 10.5 Å². The average molecular weight is 374 g/mol. The highest BCUT2D eigenvalue weighted by atomic mass is 35.6. The van der Waals surface area contributed by atoms with Crippen LogP contribution in [0.1, 0.15) is 5.56 Å². The van der Waals surface area contributed by atoms with Crippen molar-refractivity contribution >= 4 is 56.6 Å². The fourth-order valence-corrected chi connectivity index (χ4v) is 2.69. The standard InChI is InChI=1S/C11H11Cl3N2O4S/c12-11(13,14)6-20-10(17)16-4-3-7-5-8(21(15,18)19)1-2-9(7)16/h1-2,5H,3-4,6H2,(H2,15,18,19). The first-order valence-corrected chi connectivity index (χ1v) is 8.43. The Hall–Kier alpha value is -0.730. The first-order chi connectivity index (χ1) is 9.58. The molecule has 2 N–H and O–H groups in total. The molecule has 0 unspecified atom stereocenters. The summed E-state index contributed by atoms with van der Waals surface area (Å²) in [6.45, 7) is -0.0281. The molecule has 21 heavy (non-hydrogen) atoms. The Kier molecular flexibility index (Phi) is 4.60. The Bertz CT molecular complexity index is 673. The lowest BCUT2D eigenvalue weighted by Gasteiger charge is -2.19. The lowest BCUT2D eigenvalue weighted by atomic mass is 10.2. The lowest BCUT2D eigenvalue weighted by Crippen LogP contribution is -2.32. The maximum absolute atomic E-state index is 11.9. The topological polar surface area (TPSA) is 89.7 Å². The minimum atomic E-state index is -3.78. The van der Waals surface area contributed by atoms with Crippen LogP contribution in [-0.4, -0.2) is 31.5 Å². The number of hydrogen-bond donors (Lipinski definition) is 1. The molecule has 2 rings (SSSR count). The van der Waals surface area contributed by atoms with Crippen molar-refractivity contribution < 1.29 is 17.9 Å². The van der Waals surface area contributed by atoms with Gasteiger partial charge >= 0.3 is 6.09 Å². The van der Waals surface area contributed by atoms with E-state index in [4.69, 9.17) is 44.7 Å². The Morgan fingerprint density at radius 2 is 2.05 bits per heavy atom. The van der Waals surface area contributed by atoms with Crippen LogP contribution in [-0.2, 0) is 21.2 Å². The predicted octanol–water partition coefficient (Wildman–Crippen LogP) is 2.20. The number of halogens is 3. The van der Waals surface area contributed by atoms with E-state index in [1.807, 2.05) is 0 Å². The number of alkyl halides is 3. The van der Waals surface area contributed by atoms with Gasteiger partial charge in [-0.25, -0.2) is 18.4 Å². The first kappa shape index (κ1) is 16.6. The van der Waals surface area contributed by atoms with Crippen molar-refractivity contribution in [3.05, 3.63) is 23.8 Å². The SMILES string of the molecule is NS(=O)(=O)c1ccc2c(c1)CCN2C(=O)OCC(Cl)(Cl)Cl. The van der Waals surface area contributed by atoms with Gasteiger partial charge < -0.3 is 4.74 Å². The highest BCUT2D eigenvalue weighted by Gasteiger charge is 2.29. The second kappa shape index (κ2) is 5.81. The Balaban J connectivity index is 2.17. The number of nitrogens with two attached hydrogens (primary N) is 1. The van der Waals surface area contributed by atoms with Crippen LogP contribution in [0.3, 0.4) is 0 Å². The van der Waals surface area contributed by atoms with E-state index in [0.717, 1.165) is 0 Å². The quantitative estimate of drug-likeness (QED) is 0.805. The number of rotatable bonds is 2. The number of primary sulfonamides is 1. The van der Waals surface area contributed by atoms with Gasteiger partial charge in [-0.2, -0.15) is 0 Å². The zero-order valence-corrected chi connectivity index (χ0v) is 13.6. The van der Waals surface area contributed by atoms with Gasteiger partial charge in [0.1, 0.15) is 6.61 Å². The Morgan fingerprint density at radius 3 is 2.62 bits per heavy atom. The van der Waals surface area contributed by atoms with Crippen LogP contribution in [0.5, 0.6) is 0 Å². The number of nitrogens with zero attached hydrogens (tertiary/aromatic N) is 1. The number of fused-ring (bicyclic) bond motifs is 1. The number of benzene rings is 1. The number of ether oxygens (including phenoxy) is 1. The molecule has 0 radical (unpaired) electrons. The van der Waals surface area contributed by atoms with Gasteiger partial charge in [-0.1, -0.05) is 34.8 Å². The van der Waals surface area contributed by atoms with Crippen LogP contribution >= 0.6 is 34.8 Å². The van der Waals surface area contributed by atoms with Gasteiger partial charge in [-0.15, -0.1) is 0 Å². The molecule has 0 spiro atoms. The van der Waals surface area contributed by atoms with Gasteiger partial charge in [-0.3, -0.25) is 4.90 Å². The van der Waals surface area contributed by atoms with Crippen molar-refractivity contribution in [1.29, 1.82) is 0 Å². The zero-order chi connectivity index (χ0) is 15.8. The minimum Gasteiger partial charge on any atom is -0.445 e. The Morgan fingerprint density at radius 1 is 1.38 bits per heavy atom. The van der Waals surface area contributed by atoms with E-state index in [2.05, 4.69) is 0 Å². The van der Waals surface area contributed by atoms with Gasteiger partial charge in [0.15, 0.2) is 0 Å². The molecule has 0 saturated carbocycles. The molecular formula is C11H11Cl3N2O4S. The summed E-state index contributed by atoms with van der Waals surface area (Å²) in [5.74, 6) is 0. The van der Waals surface area contributed by atoms with Gasteiger partial charge in [0, 0.05) is 6.54 Å². The van der Waals surface area contributed by atoms with Gasteiger partial charge in [0.25, 0.3) is 0 Å². The van der Waals surface area contributed by atoms with Gasteiger partial charge in [0.05, 0.1) is 10.6 Å². The summed E-state index contributed by atoms with van der Waals surface area (Å²) in [5, 5.41) is 5.06. The minimum absolute atomic E-state index is 0.00208. The third-order valence-corrected chi connectivity index (χ3v) is 4.09. The summed E-state index contributed by atoms with van der Waals surface area (Å²) >= 11 is 16.5. The molecule has 0 aliphatic carbocycles. The molecule has 1 aromatic carbocycles. The normalized spacial score (nSPS) is 15.0. The molecule has 116 valence electrons. The first-order valence-electron chi connectivity index (χ1n) is 5.75. The molecule has 1 aliphatic rings. The van der Waals surface area contributed by atoms with Crippen LogP contribution in [0.2, 0.25) is 0 Å². The van der Waals surface area contributed by atoms with E-state index < -0.39 is 19.9 Å². The van der Waals surface area contributed by atoms with Crippen molar-refractivity contribution in [3.63, 3.8) is 0 Å². The molecule has 0 bridgehead atoms. The van der Waals surface area contributed by atoms with E-state index in [1.165, 1.54) is 23.1 Å². The number of sulfonamides is 1. The van der Waals surface area contributed by atoms with Crippen LogP contribution < -0.4 is 10.0 Å². The monoisotopic (exact) mass is 372 g/mol. The number of anilines is 1. The fraction of sp³-hybridized carbons (Fsp3) is 0.364. The predicted molar refractivity (Wildman–Crippen MR) is 80.5 cm³/mol. The van der Waals surface area contributed by atoms with E-state index in [9.17, 15) is 13.2 Å². The van der Waals surface area contributed by atoms with Crippen LogP contribution in [0, 0.1) is 0 Å². The molecule has 1 amide bonds. The highest BCUT2D eigenvalue weighted by Crippen LogP contribution is 2.31. The van der Waals surface area contributed by atoms with E-state index in [0.29, 0.717) is 24.2 Å². The Labute approximate surface area is 136 Å². The fourth-order valence-electron chi connectivity index (χ4n) is 1.97.